The van der Waals surface area contributed by atoms with Gasteiger partial charge >= 0.3 is 5.97 Å². The number of aryl methyl sites for hydroxylation is 1. The highest BCUT2D eigenvalue weighted by Gasteiger charge is 2.60. The first-order chi connectivity index (χ1) is 22.1. The number of esters is 1. The third-order valence-corrected chi connectivity index (χ3v) is 11.1. The minimum atomic E-state index is -0.970. The van der Waals surface area contributed by atoms with Crippen molar-refractivity contribution in [3.8, 4) is 11.3 Å². The van der Waals surface area contributed by atoms with E-state index in [1.807, 2.05) is 19.9 Å². The first-order valence-electron chi connectivity index (χ1n) is 15.3. The molecule has 1 saturated carbocycles. The molecule has 3 aromatic carbocycles. The lowest BCUT2D eigenvalue weighted by Gasteiger charge is -2.19. The van der Waals surface area contributed by atoms with Crippen molar-refractivity contribution in [2.75, 3.05) is 4.90 Å². The van der Waals surface area contributed by atoms with Crippen LogP contribution in [0, 0.1) is 30.6 Å². The zero-order valence-corrected chi connectivity index (χ0v) is 27.8. The van der Waals surface area contributed by atoms with E-state index in [1.54, 1.807) is 67.6 Å². The summed E-state index contributed by atoms with van der Waals surface area (Å²) in [6.45, 7) is 5.67. The highest BCUT2D eigenvalue weighted by Crippen LogP contribution is 2.56. The van der Waals surface area contributed by atoms with Gasteiger partial charge in [0.25, 0.3) is 0 Å². The van der Waals surface area contributed by atoms with Crippen LogP contribution in [0.4, 0.5) is 5.69 Å². The minimum absolute atomic E-state index is 0.126. The molecule has 2 heterocycles. The molecule has 0 N–H and O–H groups in total. The number of halogens is 2. The van der Waals surface area contributed by atoms with Gasteiger partial charge in [0.2, 0.25) is 17.6 Å². The molecule has 46 heavy (non-hydrogen) atoms. The Morgan fingerprint density at radius 2 is 1.72 bits per heavy atom. The number of ketones is 1. The zero-order chi connectivity index (χ0) is 32.4. The smallest absolute Gasteiger partial charge is 0.339 e. The Hall–Kier alpha value is -4.14. The molecule has 1 saturated heterocycles. The van der Waals surface area contributed by atoms with Crippen LogP contribution in [0.2, 0.25) is 5.02 Å². The van der Waals surface area contributed by atoms with Crippen LogP contribution >= 0.6 is 27.5 Å². The molecular formula is C37H30BrClN2O5. The van der Waals surface area contributed by atoms with Crippen molar-refractivity contribution in [1.82, 2.24) is 4.98 Å². The Balaban J connectivity index is 1.23. The minimum Gasteiger partial charge on any atom is -0.450 e. The molecule has 1 aliphatic heterocycles. The number of aromatic nitrogens is 1. The summed E-state index contributed by atoms with van der Waals surface area (Å²) in [5.74, 6) is -1.52. The number of ether oxygens (including phenoxy) is 1. The molecule has 0 spiro atoms. The molecule has 7 rings (SSSR count). The molecule has 0 radical (unpaired) electrons. The van der Waals surface area contributed by atoms with Crippen molar-refractivity contribution in [2.45, 2.75) is 39.7 Å². The van der Waals surface area contributed by atoms with Gasteiger partial charge in [0, 0.05) is 21.0 Å². The number of hydrogen-bond donors (Lipinski definition) is 0. The van der Waals surface area contributed by atoms with Crippen molar-refractivity contribution >= 4 is 67.7 Å². The highest BCUT2D eigenvalue weighted by molar-refractivity contribution is 9.10. The normalized spacial score (nSPS) is 22.3. The zero-order valence-electron chi connectivity index (χ0n) is 25.4. The van der Waals surface area contributed by atoms with Gasteiger partial charge in [-0.1, -0.05) is 72.6 Å². The number of amides is 2. The molecule has 7 nitrogen and oxygen atoms in total. The molecule has 2 fully saturated rings. The summed E-state index contributed by atoms with van der Waals surface area (Å²) >= 11 is 10.1. The lowest BCUT2D eigenvalue weighted by atomic mass is 9.82. The van der Waals surface area contributed by atoms with Crippen LogP contribution in [0.1, 0.15) is 53.0 Å². The Labute approximate surface area is 279 Å². The van der Waals surface area contributed by atoms with E-state index in [9.17, 15) is 19.2 Å². The van der Waals surface area contributed by atoms with E-state index in [1.165, 1.54) is 10.5 Å². The van der Waals surface area contributed by atoms with Crippen LogP contribution in [-0.2, 0) is 14.3 Å². The van der Waals surface area contributed by atoms with E-state index in [2.05, 4.69) is 22.0 Å². The average molecular weight is 698 g/mol. The first kappa shape index (κ1) is 30.5. The van der Waals surface area contributed by atoms with Crippen molar-refractivity contribution in [3.63, 3.8) is 0 Å². The Morgan fingerprint density at radius 1 is 1.02 bits per heavy atom. The highest BCUT2D eigenvalue weighted by atomic mass is 79.9. The van der Waals surface area contributed by atoms with E-state index < -0.39 is 12.1 Å². The number of Topliss-reactive ketones (excluding diaryl/α,β-unsaturated/α-hetero) is 1. The number of nitrogens with zero attached hydrogens (tertiary/aromatic N) is 2. The van der Waals surface area contributed by atoms with Gasteiger partial charge in [-0.05, 0) is 84.3 Å². The number of carbonyl (C=O) groups is 4. The molecule has 4 aromatic rings. The number of fused-ring (bicyclic) bond motifs is 6. The van der Waals surface area contributed by atoms with E-state index in [4.69, 9.17) is 21.3 Å². The van der Waals surface area contributed by atoms with Gasteiger partial charge in [0.15, 0.2) is 6.10 Å². The molecule has 5 unspecified atom stereocenters. The Bertz CT molecular complexity index is 1990. The monoisotopic (exact) mass is 696 g/mol. The number of benzene rings is 3. The quantitative estimate of drug-likeness (QED) is 0.0838. The van der Waals surface area contributed by atoms with Gasteiger partial charge in [-0.3, -0.25) is 19.3 Å². The maximum Gasteiger partial charge on any atom is 0.339 e. The van der Waals surface area contributed by atoms with Gasteiger partial charge in [-0.25, -0.2) is 9.78 Å². The number of hydrogen-bond acceptors (Lipinski definition) is 6. The number of allylic oxidation sites excluding steroid dienone is 2. The Kier molecular flexibility index (Phi) is 7.68. The lowest BCUT2D eigenvalue weighted by Crippen LogP contribution is -2.32. The third kappa shape index (κ3) is 4.81. The number of pyridine rings is 1. The molecule has 1 aromatic heterocycles. The Morgan fingerprint density at radius 3 is 2.41 bits per heavy atom. The number of anilines is 1. The van der Waals surface area contributed by atoms with E-state index in [-0.39, 0.29) is 46.8 Å². The summed E-state index contributed by atoms with van der Waals surface area (Å²) in [7, 11) is 0. The molecule has 2 amide bonds. The van der Waals surface area contributed by atoms with E-state index >= 15 is 0 Å². The molecule has 2 bridgehead atoms. The maximum atomic E-state index is 13.8. The fourth-order valence-corrected chi connectivity index (χ4v) is 8.06. The lowest BCUT2D eigenvalue weighted by molar-refractivity contribution is -0.123. The summed E-state index contributed by atoms with van der Waals surface area (Å²) in [4.78, 5) is 60.1. The summed E-state index contributed by atoms with van der Waals surface area (Å²) in [5.41, 5.74) is 4.75. The second-order valence-electron chi connectivity index (χ2n) is 12.3. The summed E-state index contributed by atoms with van der Waals surface area (Å²) < 4.78 is 6.44. The summed E-state index contributed by atoms with van der Waals surface area (Å²) in [6, 6.07) is 19.2. The van der Waals surface area contributed by atoms with Gasteiger partial charge in [-0.15, -0.1) is 0 Å². The predicted molar refractivity (Wildman–Crippen MR) is 180 cm³/mol. The average Bonchev–Trinajstić information content (AvgIpc) is 3.71. The van der Waals surface area contributed by atoms with Crippen LogP contribution in [-0.4, -0.2) is 34.7 Å². The molecule has 9 heteroatoms. The van der Waals surface area contributed by atoms with Crippen LogP contribution in [0.25, 0.3) is 22.2 Å². The molecule has 3 aliphatic rings. The second kappa shape index (κ2) is 11.6. The number of carbonyl (C=O) groups excluding carboxylic acids is 4. The fourth-order valence-electron chi connectivity index (χ4n) is 7.39. The molecule has 232 valence electrons. The van der Waals surface area contributed by atoms with Gasteiger partial charge in [0.1, 0.15) is 0 Å². The summed E-state index contributed by atoms with van der Waals surface area (Å²) in [6.07, 6.45) is 2.37. The fraction of sp³-hybridized carbons (Fsp3) is 0.270. The third-order valence-electron chi connectivity index (χ3n) is 9.72. The SMILES string of the molecule is CCC(OC(=O)c1cc(-c2ccc(N3C(=O)C4C5C=C(C)C(C5)C4C3=O)cc2)nc2c(C)c(Cl)c(Br)cc12)C(=O)c1ccccc1. The first-order valence-corrected chi connectivity index (χ1v) is 16.5. The van der Waals surface area contributed by atoms with Crippen LogP contribution in [0.5, 0.6) is 0 Å². The van der Waals surface area contributed by atoms with Gasteiger partial charge < -0.3 is 4.74 Å². The van der Waals surface area contributed by atoms with Crippen molar-refractivity contribution < 1.29 is 23.9 Å². The molecular weight excluding hydrogens is 668 g/mol. The largest absolute Gasteiger partial charge is 0.450 e. The summed E-state index contributed by atoms with van der Waals surface area (Å²) in [5, 5.41) is 0.993. The topological polar surface area (TPSA) is 93.6 Å². The van der Waals surface area contributed by atoms with Crippen molar-refractivity contribution in [1.29, 1.82) is 0 Å². The maximum absolute atomic E-state index is 13.8. The van der Waals surface area contributed by atoms with Gasteiger partial charge in [-0.2, -0.15) is 0 Å². The number of rotatable bonds is 7. The van der Waals surface area contributed by atoms with E-state index in [0.717, 1.165) is 6.42 Å². The van der Waals surface area contributed by atoms with Crippen molar-refractivity contribution in [2.24, 2.45) is 23.7 Å². The number of imide groups is 1. The van der Waals surface area contributed by atoms with Gasteiger partial charge in [0.05, 0.1) is 39.3 Å². The second-order valence-corrected chi connectivity index (χ2v) is 13.5. The molecule has 5 atom stereocenters. The van der Waals surface area contributed by atoms with Crippen LogP contribution in [0.15, 0.2) is 82.9 Å². The van der Waals surface area contributed by atoms with E-state index in [0.29, 0.717) is 54.9 Å². The molecule has 2 aliphatic carbocycles. The predicted octanol–water partition coefficient (Wildman–Crippen LogP) is 8.15. The van der Waals surface area contributed by atoms with Crippen LogP contribution < -0.4 is 4.90 Å². The standard InChI is InChI=1S/C37H30BrClN2O5/c1-4-29(34(42)21-8-6-5-7-9-21)46-37(45)26-17-28(40-33-19(3)32(39)27(38)16-25(26)33)20-10-12-23(13-11-20)41-35(43)30-22-14-18(2)24(15-22)31(30)36(41)44/h5-14,16-17,22,24,29-31H,4,15H2,1-3H3. The van der Waals surface area contributed by atoms with Crippen molar-refractivity contribution in [3.05, 3.63) is 105 Å². The van der Waals surface area contributed by atoms with Crippen LogP contribution in [0.3, 0.4) is 0 Å².